The number of hydrogen-bond acceptors (Lipinski definition) is 4. The molecule has 0 aromatic carbocycles. The van der Waals surface area contributed by atoms with Gasteiger partial charge in [-0.05, 0) is 19.4 Å². The van der Waals surface area contributed by atoms with Crippen molar-refractivity contribution < 1.29 is 19.5 Å². The maximum Gasteiger partial charge on any atom is 0.332 e. The van der Waals surface area contributed by atoms with E-state index in [0.717, 1.165) is 25.8 Å². The van der Waals surface area contributed by atoms with Gasteiger partial charge in [-0.3, -0.25) is 9.63 Å². The summed E-state index contributed by atoms with van der Waals surface area (Å²) < 4.78 is 0. The number of hydrogen-bond donors (Lipinski definition) is 3. The largest absolute Gasteiger partial charge is 0.479 e. The number of aliphatic carboxylic acids is 1. The Morgan fingerprint density at radius 1 is 1.50 bits per heavy atom. The van der Waals surface area contributed by atoms with Gasteiger partial charge in [0.15, 0.2) is 6.61 Å². The van der Waals surface area contributed by atoms with Crippen LogP contribution in [0.5, 0.6) is 0 Å². The minimum absolute atomic E-state index is 0.252. The van der Waals surface area contributed by atoms with Gasteiger partial charge in [-0.15, -0.1) is 0 Å². The second-order valence-corrected chi connectivity index (χ2v) is 3.15. The number of carboxylic acids is 1. The van der Waals surface area contributed by atoms with Crippen LogP contribution in [0.2, 0.25) is 0 Å². The van der Waals surface area contributed by atoms with Gasteiger partial charge in [0, 0.05) is 0 Å². The van der Waals surface area contributed by atoms with Crippen LogP contribution in [0.4, 0.5) is 0 Å². The molecule has 1 amide bonds. The van der Waals surface area contributed by atoms with E-state index < -0.39 is 12.6 Å². The molecule has 1 rings (SSSR count). The molecule has 0 aromatic heterocycles. The molecule has 1 saturated heterocycles. The van der Waals surface area contributed by atoms with Crippen molar-refractivity contribution in [1.82, 2.24) is 10.8 Å². The predicted molar refractivity (Wildman–Crippen MR) is 47.4 cm³/mol. The summed E-state index contributed by atoms with van der Waals surface area (Å²) in [6.07, 6.45) is 2.84. The fraction of sp³-hybridized carbons (Fsp3) is 0.750. The van der Waals surface area contributed by atoms with Crippen molar-refractivity contribution in [3.05, 3.63) is 0 Å². The number of piperidine rings is 1. The predicted octanol–water partition coefficient (Wildman–Crippen LogP) is -0.739. The third-order valence-electron chi connectivity index (χ3n) is 2.00. The molecule has 14 heavy (non-hydrogen) atoms. The summed E-state index contributed by atoms with van der Waals surface area (Å²) in [6.45, 7) is 0.301. The smallest absolute Gasteiger partial charge is 0.332 e. The van der Waals surface area contributed by atoms with E-state index in [1.807, 2.05) is 0 Å². The molecule has 0 saturated carbocycles. The third kappa shape index (κ3) is 3.71. The van der Waals surface area contributed by atoms with E-state index >= 15 is 0 Å². The van der Waals surface area contributed by atoms with Crippen molar-refractivity contribution in [2.45, 2.75) is 25.3 Å². The Morgan fingerprint density at radius 2 is 2.29 bits per heavy atom. The Kier molecular flexibility index (Phi) is 4.34. The van der Waals surface area contributed by atoms with Crippen LogP contribution in [-0.4, -0.2) is 36.2 Å². The van der Waals surface area contributed by atoms with Crippen molar-refractivity contribution in [3.63, 3.8) is 0 Å². The van der Waals surface area contributed by atoms with Crippen LogP contribution in [0.1, 0.15) is 19.3 Å². The summed E-state index contributed by atoms with van der Waals surface area (Å²) in [5.74, 6) is -1.41. The number of rotatable bonds is 4. The molecule has 1 fully saturated rings. The molecular weight excluding hydrogens is 188 g/mol. The molecule has 0 aliphatic carbocycles. The second-order valence-electron chi connectivity index (χ2n) is 3.15. The zero-order valence-corrected chi connectivity index (χ0v) is 7.78. The fourth-order valence-corrected chi connectivity index (χ4v) is 1.32. The fourth-order valence-electron chi connectivity index (χ4n) is 1.32. The van der Waals surface area contributed by atoms with Crippen LogP contribution in [-0.2, 0) is 14.4 Å². The van der Waals surface area contributed by atoms with Crippen LogP contribution < -0.4 is 10.8 Å². The van der Waals surface area contributed by atoms with Crippen LogP contribution in [0.25, 0.3) is 0 Å². The molecule has 1 aliphatic heterocycles. The SMILES string of the molecule is O=C(O)CONC(=O)[C@@H]1CCCCN1. The van der Waals surface area contributed by atoms with Crippen molar-refractivity contribution >= 4 is 11.9 Å². The zero-order valence-electron chi connectivity index (χ0n) is 7.78. The first kappa shape index (κ1) is 10.9. The first-order valence-electron chi connectivity index (χ1n) is 4.57. The number of hydroxylamine groups is 1. The molecule has 6 nitrogen and oxygen atoms in total. The lowest BCUT2D eigenvalue weighted by molar-refractivity contribution is -0.150. The van der Waals surface area contributed by atoms with Crippen molar-refractivity contribution in [2.24, 2.45) is 0 Å². The second kappa shape index (κ2) is 5.56. The Labute approximate surface area is 81.6 Å². The Bertz CT molecular complexity index is 213. The molecule has 1 atom stereocenters. The van der Waals surface area contributed by atoms with Crippen molar-refractivity contribution in [1.29, 1.82) is 0 Å². The van der Waals surface area contributed by atoms with Gasteiger partial charge in [-0.25, -0.2) is 10.3 Å². The average Bonchev–Trinajstić information content (AvgIpc) is 2.18. The van der Waals surface area contributed by atoms with Gasteiger partial charge in [-0.1, -0.05) is 6.42 Å². The van der Waals surface area contributed by atoms with E-state index in [9.17, 15) is 9.59 Å². The molecular formula is C8H14N2O4. The highest BCUT2D eigenvalue weighted by molar-refractivity contribution is 5.81. The van der Waals surface area contributed by atoms with Gasteiger partial charge in [0.25, 0.3) is 5.91 Å². The zero-order chi connectivity index (χ0) is 10.4. The van der Waals surface area contributed by atoms with E-state index in [1.165, 1.54) is 0 Å². The lowest BCUT2D eigenvalue weighted by atomic mass is 10.1. The van der Waals surface area contributed by atoms with Gasteiger partial charge >= 0.3 is 5.97 Å². The molecule has 0 unspecified atom stereocenters. The van der Waals surface area contributed by atoms with E-state index in [1.54, 1.807) is 0 Å². The number of carboxylic acid groups (broad SMARTS) is 1. The van der Waals surface area contributed by atoms with E-state index in [4.69, 9.17) is 5.11 Å². The summed E-state index contributed by atoms with van der Waals surface area (Å²) >= 11 is 0. The van der Waals surface area contributed by atoms with Crippen LogP contribution >= 0.6 is 0 Å². The highest BCUT2D eigenvalue weighted by atomic mass is 16.7. The highest BCUT2D eigenvalue weighted by Gasteiger charge is 2.20. The van der Waals surface area contributed by atoms with Crippen molar-refractivity contribution in [3.8, 4) is 0 Å². The highest BCUT2D eigenvalue weighted by Crippen LogP contribution is 2.06. The summed E-state index contributed by atoms with van der Waals surface area (Å²) in [5, 5.41) is 11.3. The summed E-state index contributed by atoms with van der Waals surface area (Å²) in [5.41, 5.74) is 2.10. The molecule has 0 spiro atoms. The minimum Gasteiger partial charge on any atom is -0.479 e. The van der Waals surface area contributed by atoms with Crippen LogP contribution in [0.3, 0.4) is 0 Å². The summed E-state index contributed by atoms with van der Waals surface area (Å²) in [6, 6.07) is -0.252. The van der Waals surface area contributed by atoms with Crippen molar-refractivity contribution in [2.75, 3.05) is 13.2 Å². The molecule has 80 valence electrons. The number of amides is 1. The van der Waals surface area contributed by atoms with E-state index in [-0.39, 0.29) is 11.9 Å². The first-order chi connectivity index (χ1) is 6.70. The molecule has 0 aromatic rings. The van der Waals surface area contributed by atoms with Gasteiger partial charge in [-0.2, -0.15) is 0 Å². The van der Waals surface area contributed by atoms with Crippen LogP contribution in [0.15, 0.2) is 0 Å². The topological polar surface area (TPSA) is 87.7 Å². The third-order valence-corrected chi connectivity index (χ3v) is 2.00. The van der Waals surface area contributed by atoms with Gasteiger partial charge in [0.2, 0.25) is 0 Å². The van der Waals surface area contributed by atoms with E-state index in [2.05, 4.69) is 15.6 Å². The summed E-state index contributed by atoms with van der Waals surface area (Å²) in [7, 11) is 0. The molecule has 1 aliphatic rings. The van der Waals surface area contributed by atoms with Gasteiger partial charge in [0.1, 0.15) is 0 Å². The lowest BCUT2D eigenvalue weighted by Gasteiger charge is -2.21. The Balaban J connectivity index is 2.16. The first-order valence-corrected chi connectivity index (χ1v) is 4.57. The molecule has 0 radical (unpaired) electrons. The number of carbonyl (C=O) groups excluding carboxylic acids is 1. The lowest BCUT2D eigenvalue weighted by Crippen LogP contribution is -2.46. The van der Waals surface area contributed by atoms with Gasteiger partial charge < -0.3 is 10.4 Å². The Hall–Kier alpha value is -1.14. The minimum atomic E-state index is -1.11. The molecule has 0 bridgehead atoms. The molecule has 6 heteroatoms. The van der Waals surface area contributed by atoms with E-state index in [0.29, 0.717) is 0 Å². The average molecular weight is 202 g/mol. The quantitative estimate of drug-likeness (QED) is 0.523. The standard InChI is InChI=1S/C8H14N2O4/c11-7(12)5-14-10-8(13)6-3-1-2-4-9-6/h6,9H,1-5H2,(H,10,13)(H,11,12)/t6-/m0/s1. The number of carbonyl (C=O) groups is 2. The monoisotopic (exact) mass is 202 g/mol. The van der Waals surface area contributed by atoms with Gasteiger partial charge in [0.05, 0.1) is 6.04 Å². The maximum atomic E-state index is 11.3. The summed E-state index contributed by atoms with van der Waals surface area (Å²) in [4.78, 5) is 25.8. The molecule has 3 N–H and O–H groups in total. The van der Waals surface area contributed by atoms with Crippen LogP contribution in [0, 0.1) is 0 Å². The maximum absolute atomic E-state index is 11.3. The normalized spacial score (nSPS) is 21.6. The number of nitrogens with one attached hydrogen (secondary N) is 2. The Morgan fingerprint density at radius 3 is 2.86 bits per heavy atom. The molecule has 1 heterocycles.